The molecular formula is C10H18OS. The summed E-state index contributed by atoms with van der Waals surface area (Å²) >= 11 is 1.44. The van der Waals surface area contributed by atoms with Crippen LogP contribution in [-0.2, 0) is 0 Å². The highest BCUT2D eigenvalue weighted by Crippen LogP contribution is 2.16. The van der Waals surface area contributed by atoms with E-state index in [1.165, 1.54) is 17.3 Å². The molecule has 0 fully saturated rings. The van der Waals surface area contributed by atoms with E-state index in [1.807, 2.05) is 31.2 Å². The van der Waals surface area contributed by atoms with Crippen molar-refractivity contribution in [3.63, 3.8) is 0 Å². The zero-order valence-corrected chi connectivity index (χ0v) is 6.69. The smallest absolute Gasteiger partial charge is 0.0932 e. The van der Waals surface area contributed by atoms with Gasteiger partial charge in [-0.2, -0.15) is 0 Å². The second kappa shape index (κ2) is 7.19. The molecule has 1 aromatic rings. The SMILES string of the molecule is C.C.Cc1ccc(SCO)cc1. The molecule has 0 radical (unpaired) electrons. The summed E-state index contributed by atoms with van der Waals surface area (Å²) < 4.78 is 0. The van der Waals surface area contributed by atoms with Crippen LogP contribution in [0.5, 0.6) is 0 Å². The van der Waals surface area contributed by atoms with Gasteiger partial charge in [0.25, 0.3) is 0 Å². The number of aliphatic hydroxyl groups excluding tert-OH is 1. The molecule has 1 N–H and O–H groups in total. The van der Waals surface area contributed by atoms with Gasteiger partial charge in [0, 0.05) is 4.90 Å². The maximum Gasteiger partial charge on any atom is 0.0932 e. The van der Waals surface area contributed by atoms with E-state index in [4.69, 9.17) is 5.11 Å². The third-order valence-electron chi connectivity index (χ3n) is 1.25. The lowest BCUT2D eigenvalue weighted by Gasteiger charge is -1.96. The summed E-state index contributed by atoms with van der Waals surface area (Å²) in [4.78, 5) is 1.12. The summed E-state index contributed by atoms with van der Waals surface area (Å²) in [6.45, 7) is 2.05. The Kier molecular flexibility index (Phi) is 8.44. The number of thioether (sulfide) groups is 1. The molecule has 70 valence electrons. The van der Waals surface area contributed by atoms with E-state index in [0.29, 0.717) is 0 Å². The Morgan fingerprint density at radius 2 is 1.67 bits per heavy atom. The molecule has 12 heavy (non-hydrogen) atoms. The Labute approximate surface area is 79.8 Å². The van der Waals surface area contributed by atoms with E-state index in [2.05, 4.69) is 0 Å². The Balaban J connectivity index is 0. The van der Waals surface area contributed by atoms with E-state index < -0.39 is 0 Å². The Bertz CT molecular complexity index is 193. The van der Waals surface area contributed by atoms with Gasteiger partial charge in [0.05, 0.1) is 5.94 Å². The van der Waals surface area contributed by atoms with Crippen LogP contribution >= 0.6 is 11.8 Å². The van der Waals surface area contributed by atoms with Crippen molar-refractivity contribution >= 4 is 11.8 Å². The van der Waals surface area contributed by atoms with Gasteiger partial charge in [-0.15, -0.1) is 0 Å². The van der Waals surface area contributed by atoms with Crippen LogP contribution in [0.1, 0.15) is 20.4 Å². The molecule has 0 saturated heterocycles. The van der Waals surface area contributed by atoms with Crippen LogP contribution in [0.3, 0.4) is 0 Å². The van der Waals surface area contributed by atoms with Crippen LogP contribution in [0.25, 0.3) is 0 Å². The van der Waals surface area contributed by atoms with Crippen LogP contribution in [0, 0.1) is 6.92 Å². The van der Waals surface area contributed by atoms with Gasteiger partial charge in [0.1, 0.15) is 0 Å². The van der Waals surface area contributed by atoms with E-state index in [-0.39, 0.29) is 20.8 Å². The Hall–Kier alpha value is -0.470. The van der Waals surface area contributed by atoms with Crippen LogP contribution < -0.4 is 0 Å². The van der Waals surface area contributed by atoms with E-state index in [1.54, 1.807) is 0 Å². The average molecular weight is 186 g/mol. The molecule has 0 aliphatic rings. The standard InChI is InChI=1S/C8H10OS.2CH4/c1-7-2-4-8(5-3-7)10-6-9;;/h2-5,9H,6H2,1H3;2*1H4. The molecule has 1 aromatic carbocycles. The molecule has 0 amide bonds. The summed E-state index contributed by atoms with van der Waals surface area (Å²) in [6, 6.07) is 8.10. The molecule has 2 heteroatoms. The molecule has 1 rings (SSSR count). The van der Waals surface area contributed by atoms with Gasteiger partial charge in [-0.3, -0.25) is 0 Å². The molecule has 0 unspecified atom stereocenters. The maximum atomic E-state index is 8.55. The second-order valence-electron chi connectivity index (χ2n) is 2.09. The zero-order valence-electron chi connectivity index (χ0n) is 5.87. The molecule has 0 aliphatic heterocycles. The summed E-state index contributed by atoms with van der Waals surface area (Å²) in [7, 11) is 0. The van der Waals surface area contributed by atoms with E-state index in [9.17, 15) is 0 Å². The van der Waals surface area contributed by atoms with Crippen LogP contribution in [0.2, 0.25) is 0 Å². The highest BCUT2D eigenvalue weighted by atomic mass is 32.2. The van der Waals surface area contributed by atoms with Gasteiger partial charge < -0.3 is 5.11 Å². The molecule has 0 saturated carbocycles. The number of benzene rings is 1. The highest BCUT2D eigenvalue weighted by Gasteiger charge is 1.89. The first-order valence-corrected chi connectivity index (χ1v) is 4.12. The molecule has 1 nitrogen and oxygen atoms in total. The monoisotopic (exact) mass is 186 g/mol. The van der Waals surface area contributed by atoms with Gasteiger partial charge in [-0.25, -0.2) is 0 Å². The van der Waals surface area contributed by atoms with Gasteiger partial charge in [-0.1, -0.05) is 44.3 Å². The van der Waals surface area contributed by atoms with Gasteiger partial charge in [0.2, 0.25) is 0 Å². The first kappa shape index (κ1) is 14.1. The molecular weight excluding hydrogens is 168 g/mol. The molecule has 0 aliphatic carbocycles. The third kappa shape index (κ3) is 4.42. The summed E-state index contributed by atoms with van der Waals surface area (Å²) in [5, 5.41) is 8.55. The van der Waals surface area contributed by atoms with Gasteiger partial charge in [0.15, 0.2) is 0 Å². The first-order chi connectivity index (χ1) is 4.83. The number of aryl methyl sites for hydroxylation is 1. The molecule has 0 spiro atoms. The van der Waals surface area contributed by atoms with E-state index in [0.717, 1.165) is 4.90 Å². The zero-order chi connectivity index (χ0) is 7.40. The fraction of sp³-hybridized carbons (Fsp3) is 0.400. The minimum Gasteiger partial charge on any atom is -0.385 e. The summed E-state index contributed by atoms with van der Waals surface area (Å²) in [5.41, 5.74) is 1.25. The van der Waals surface area contributed by atoms with Crippen molar-refractivity contribution in [2.24, 2.45) is 0 Å². The predicted molar refractivity (Wildman–Crippen MR) is 57.6 cm³/mol. The number of hydrogen-bond acceptors (Lipinski definition) is 2. The number of rotatable bonds is 2. The van der Waals surface area contributed by atoms with Gasteiger partial charge in [-0.05, 0) is 19.1 Å². The van der Waals surface area contributed by atoms with Gasteiger partial charge >= 0.3 is 0 Å². The lowest BCUT2D eigenvalue weighted by Crippen LogP contribution is -1.75. The molecule has 0 aromatic heterocycles. The lowest BCUT2D eigenvalue weighted by atomic mass is 10.2. The van der Waals surface area contributed by atoms with Crippen molar-refractivity contribution < 1.29 is 5.11 Å². The molecule has 0 atom stereocenters. The highest BCUT2D eigenvalue weighted by molar-refractivity contribution is 7.99. The first-order valence-electron chi connectivity index (χ1n) is 3.13. The minimum atomic E-state index is 0. The Morgan fingerprint density at radius 1 is 1.17 bits per heavy atom. The second-order valence-corrected chi connectivity index (χ2v) is 3.10. The van der Waals surface area contributed by atoms with Crippen LogP contribution in [-0.4, -0.2) is 11.0 Å². The van der Waals surface area contributed by atoms with Crippen LogP contribution in [0.15, 0.2) is 29.2 Å². The summed E-state index contributed by atoms with van der Waals surface area (Å²) in [6.07, 6.45) is 0. The number of aliphatic hydroxyl groups is 1. The quantitative estimate of drug-likeness (QED) is 0.565. The largest absolute Gasteiger partial charge is 0.385 e. The lowest BCUT2D eigenvalue weighted by molar-refractivity contribution is 0.375. The van der Waals surface area contributed by atoms with Crippen molar-refractivity contribution in [1.29, 1.82) is 0 Å². The van der Waals surface area contributed by atoms with Crippen molar-refractivity contribution in [1.82, 2.24) is 0 Å². The van der Waals surface area contributed by atoms with Crippen LogP contribution in [0.4, 0.5) is 0 Å². The van der Waals surface area contributed by atoms with Crippen molar-refractivity contribution in [3.05, 3.63) is 29.8 Å². The predicted octanol–water partition coefficient (Wildman–Crippen LogP) is 3.31. The molecule has 0 bridgehead atoms. The summed E-state index contributed by atoms with van der Waals surface area (Å²) in [5.74, 6) is 0.156. The van der Waals surface area contributed by atoms with Crippen molar-refractivity contribution in [3.8, 4) is 0 Å². The average Bonchev–Trinajstić information content (AvgIpc) is 1.95. The normalized spacial score (nSPS) is 8.17. The molecule has 0 heterocycles. The topological polar surface area (TPSA) is 20.2 Å². The third-order valence-corrected chi connectivity index (χ3v) is 1.99. The fourth-order valence-corrected chi connectivity index (χ4v) is 1.19. The van der Waals surface area contributed by atoms with Crippen molar-refractivity contribution in [2.75, 3.05) is 5.94 Å². The Morgan fingerprint density at radius 3 is 2.08 bits per heavy atom. The number of hydrogen-bond donors (Lipinski definition) is 1. The maximum absolute atomic E-state index is 8.55. The fourth-order valence-electron chi connectivity index (χ4n) is 0.709. The minimum absolute atomic E-state index is 0. The van der Waals surface area contributed by atoms with Crippen molar-refractivity contribution in [2.45, 2.75) is 26.7 Å². The van der Waals surface area contributed by atoms with E-state index >= 15 is 0 Å².